The van der Waals surface area contributed by atoms with Crippen LogP contribution in [0.25, 0.3) is 10.2 Å². The van der Waals surface area contributed by atoms with Crippen LogP contribution in [-0.4, -0.2) is 54.3 Å². The predicted molar refractivity (Wildman–Crippen MR) is 121 cm³/mol. The maximum atomic E-state index is 4.43. The highest BCUT2D eigenvalue weighted by molar-refractivity contribution is 7.19. The lowest BCUT2D eigenvalue weighted by molar-refractivity contribution is 0.313. The summed E-state index contributed by atoms with van der Waals surface area (Å²) in [4.78, 5) is 17.0. The van der Waals surface area contributed by atoms with E-state index in [-0.39, 0.29) is 5.41 Å². The molecular weight excluding hydrogens is 388 g/mol. The van der Waals surface area contributed by atoms with Crippen LogP contribution in [0.1, 0.15) is 30.5 Å². The van der Waals surface area contributed by atoms with Gasteiger partial charge in [0.05, 0.1) is 16.6 Å². The van der Waals surface area contributed by atoms with Gasteiger partial charge in [0, 0.05) is 35.9 Å². The number of thiophene rings is 2. The molecule has 6 nitrogen and oxygen atoms in total. The zero-order valence-corrected chi connectivity index (χ0v) is 18.4. The number of piperazine rings is 1. The third kappa shape index (κ3) is 4.19. The van der Waals surface area contributed by atoms with Gasteiger partial charge in [0.15, 0.2) is 5.82 Å². The second kappa shape index (κ2) is 7.77. The van der Waals surface area contributed by atoms with Gasteiger partial charge in [0.1, 0.15) is 11.2 Å². The molecule has 0 spiro atoms. The fourth-order valence-electron chi connectivity index (χ4n) is 3.08. The van der Waals surface area contributed by atoms with E-state index in [1.165, 1.54) is 9.88 Å². The van der Waals surface area contributed by atoms with Gasteiger partial charge in [-0.05, 0) is 30.7 Å². The fourth-order valence-corrected chi connectivity index (χ4v) is 5.07. The molecule has 1 fully saturated rings. The summed E-state index contributed by atoms with van der Waals surface area (Å²) in [6.07, 6.45) is 3.47. The van der Waals surface area contributed by atoms with Crippen molar-refractivity contribution in [3.05, 3.63) is 34.3 Å². The van der Waals surface area contributed by atoms with Crippen LogP contribution >= 0.6 is 22.7 Å². The van der Waals surface area contributed by atoms with Gasteiger partial charge in [-0.15, -0.1) is 22.7 Å². The lowest BCUT2D eigenvalue weighted by atomic mass is 9.94. The van der Waals surface area contributed by atoms with Crippen molar-refractivity contribution >= 4 is 49.9 Å². The van der Waals surface area contributed by atoms with Gasteiger partial charge in [-0.25, -0.2) is 9.97 Å². The molecule has 3 aromatic rings. The minimum absolute atomic E-state index is 0.0997. The number of anilines is 2. The van der Waals surface area contributed by atoms with E-state index in [0.29, 0.717) is 0 Å². The largest absolute Gasteiger partial charge is 0.361 e. The number of aromatic nitrogens is 2. The molecule has 3 aromatic heterocycles. The molecule has 0 atom stereocenters. The number of likely N-dealkylation sites (N-methyl/N-ethyl adjacent to an activating group) is 1. The van der Waals surface area contributed by atoms with Gasteiger partial charge in [-0.2, -0.15) is 5.10 Å². The fraction of sp³-hybridized carbons (Fsp3) is 0.450. The first-order valence-corrected chi connectivity index (χ1v) is 11.1. The van der Waals surface area contributed by atoms with Crippen molar-refractivity contribution in [2.24, 2.45) is 5.10 Å². The molecule has 0 bridgehead atoms. The molecule has 0 unspecified atom stereocenters. The Kier molecular flexibility index (Phi) is 5.35. The molecule has 148 valence electrons. The summed E-state index contributed by atoms with van der Waals surface area (Å²) in [6.45, 7) is 11.0. The quantitative estimate of drug-likeness (QED) is 0.511. The molecule has 1 aliphatic heterocycles. The van der Waals surface area contributed by atoms with E-state index in [0.717, 1.165) is 47.1 Å². The van der Waals surface area contributed by atoms with Crippen LogP contribution in [0.5, 0.6) is 0 Å². The van der Waals surface area contributed by atoms with E-state index in [4.69, 9.17) is 0 Å². The van der Waals surface area contributed by atoms with Crippen molar-refractivity contribution < 1.29 is 0 Å². The molecule has 0 radical (unpaired) electrons. The van der Waals surface area contributed by atoms with Crippen molar-refractivity contribution in [2.45, 2.75) is 26.2 Å². The molecule has 0 saturated carbocycles. The van der Waals surface area contributed by atoms with E-state index in [2.05, 4.69) is 76.3 Å². The Morgan fingerprint density at radius 3 is 2.64 bits per heavy atom. The number of nitrogens with zero attached hydrogens (tertiary/aromatic N) is 5. The van der Waals surface area contributed by atoms with E-state index in [1.807, 2.05) is 6.21 Å². The van der Waals surface area contributed by atoms with Crippen molar-refractivity contribution in [3.8, 4) is 0 Å². The summed E-state index contributed by atoms with van der Waals surface area (Å²) in [5.74, 6) is 0.754. The molecule has 8 heteroatoms. The van der Waals surface area contributed by atoms with Gasteiger partial charge in [0.25, 0.3) is 0 Å². The standard InChI is InChI=1S/C20H26N6S2/c1-20(2,3)16-11-15-18(21-13-22-19(15)28-16)24-23-12-14-5-6-17(27-14)26-9-7-25(4)8-10-26/h5-6,11-13H,7-10H2,1-4H3,(H,21,22,24). The molecular formula is C20H26N6S2. The normalized spacial score (nSPS) is 16.4. The topological polar surface area (TPSA) is 56.6 Å². The minimum atomic E-state index is 0.0997. The van der Waals surface area contributed by atoms with Crippen LogP contribution in [0.3, 0.4) is 0 Å². The highest BCUT2D eigenvalue weighted by Crippen LogP contribution is 2.35. The van der Waals surface area contributed by atoms with Crippen molar-refractivity contribution in [1.29, 1.82) is 0 Å². The first-order chi connectivity index (χ1) is 13.4. The Balaban J connectivity index is 1.46. The molecule has 0 amide bonds. The van der Waals surface area contributed by atoms with Crippen molar-refractivity contribution in [3.63, 3.8) is 0 Å². The van der Waals surface area contributed by atoms with Gasteiger partial charge < -0.3 is 9.80 Å². The molecule has 0 aliphatic carbocycles. The lowest BCUT2D eigenvalue weighted by Crippen LogP contribution is -2.44. The highest BCUT2D eigenvalue weighted by Gasteiger charge is 2.19. The minimum Gasteiger partial charge on any atom is -0.361 e. The molecule has 1 N–H and O–H groups in total. The van der Waals surface area contributed by atoms with E-state index in [9.17, 15) is 0 Å². The number of nitrogens with one attached hydrogen (secondary N) is 1. The van der Waals surface area contributed by atoms with Crippen LogP contribution in [-0.2, 0) is 5.41 Å². The molecule has 1 saturated heterocycles. The number of hydrogen-bond acceptors (Lipinski definition) is 8. The SMILES string of the molecule is CN1CCN(c2ccc(C=NNc3ncnc4sc(C(C)(C)C)cc34)s2)CC1. The second-order valence-electron chi connectivity index (χ2n) is 8.14. The molecule has 1 aliphatic rings. The Morgan fingerprint density at radius 1 is 1.11 bits per heavy atom. The highest BCUT2D eigenvalue weighted by atomic mass is 32.1. The number of rotatable bonds is 4. The zero-order chi connectivity index (χ0) is 19.7. The molecule has 28 heavy (non-hydrogen) atoms. The summed E-state index contributed by atoms with van der Waals surface area (Å²) in [5.41, 5.74) is 3.21. The van der Waals surface area contributed by atoms with Gasteiger partial charge in [0.2, 0.25) is 0 Å². The summed E-state index contributed by atoms with van der Waals surface area (Å²) in [6, 6.07) is 6.49. The van der Waals surface area contributed by atoms with E-state index >= 15 is 0 Å². The van der Waals surface area contributed by atoms with Crippen molar-refractivity contribution in [2.75, 3.05) is 43.6 Å². The van der Waals surface area contributed by atoms with Crippen LogP contribution in [0, 0.1) is 0 Å². The summed E-state index contributed by atoms with van der Waals surface area (Å²) in [7, 11) is 2.18. The van der Waals surface area contributed by atoms with Crippen LogP contribution < -0.4 is 10.3 Å². The summed E-state index contributed by atoms with van der Waals surface area (Å²) in [5, 5.41) is 6.77. The predicted octanol–water partition coefficient (Wildman–Crippen LogP) is 4.25. The first kappa shape index (κ1) is 19.3. The van der Waals surface area contributed by atoms with Crippen molar-refractivity contribution in [1.82, 2.24) is 14.9 Å². The lowest BCUT2D eigenvalue weighted by Gasteiger charge is -2.32. The van der Waals surface area contributed by atoms with E-state index < -0.39 is 0 Å². The molecule has 4 heterocycles. The van der Waals surface area contributed by atoms with Gasteiger partial charge in [-0.3, -0.25) is 5.43 Å². The maximum Gasteiger partial charge on any atom is 0.158 e. The summed E-state index contributed by atoms with van der Waals surface area (Å²) >= 11 is 3.49. The van der Waals surface area contributed by atoms with Gasteiger partial charge in [-0.1, -0.05) is 20.8 Å². The average Bonchev–Trinajstić information content (AvgIpc) is 3.29. The first-order valence-electron chi connectivity index (χ1n) is 9.47. The Bertz CT molecular complexity index is 976. The molecule has 0 aromatic carbocycles. The maximum absolute atomic E-state index is 4.43. The number of hydrazone groups is 1. The third-order valence-electron chi connectivity index (χ3n) is 4.86. The van der Waals surface area contributed by atoms with Crippen LogP contribution in [0.4, 0.5) is 10.8 Å². The summed E-state index contributed by atoms with van der Waals surface area (Å²) < 4.78 is 0. The Hall–Kier alpha value is -2.03. The Morgan fingerprint density at radius 2 is 1.89 bits per heavy atom. The Labute approximate surface area is 173 Å². The number of hydrogen-bond donors (Lipinski definition) is 1. The molecule has 4 rings (SSSR count). The van der Waals surface area contributed by atoms with Crippen LogP contribution in [0.2, 0.25) is 0 Å². The third-order valence-corrected chi connectivity index (χ3v) is 7.41. The van der Waals surface area contributed by atoms with Crippen LogP contribution in [0.15, 0.2) is 29.6 Å². The average molecular weight is 415 g/mol. The van der Waals surface area contributed by atoms with Gasteiger partial charge >= 0.3 is 0 Å². The number of fused-ring (bicyclic) bond motifs is 1. The monoisotopic (exact) mass is 414 g/mol. The zero-order valence-electron chi connectivity index (χ0n) is 16.8. The second-order valence-corrected chi connectivity index (χ2v) is 10.3. The van der Waals surface area contributed by atoms with E-state index in [1.54, 1.807) is 29.0 Å². The smallest absolute Gasteiger partial charge is 0.158 e.